The van der Waals surface area contributed by atoms with E-state index >= 15 is 0 Å². The third-order valence-corrected chi connectivity index (χ3v) is 4.31. The zero-order valence-corrected chi connectivity index (χ0v) is 15.7. The summed E-state index contributed by atoms with van der Waals surface area (Å²) in [6, 6.07) is 0.165. The molecule has 2 N–H and O–H groups in total. The van der Waals surface area contributed by atoms with Crippen molar-refractivity contribution in [3.05, 3.63) is 0 Å². The normalized spacial score (nSPS) is 22.2. The van der Waals surface area contributed by atoms with Gasteiger partial charge in [-0.15, -0.1) is 0 Å². The van der Waals surface area contributed by atoms with Gasteiger partial charge in [-0.2, -0.15) is 0 Å². The van der Waals surface area contributed by atoms with Crippen LogP contribution in [0.1, 0.15) is 59.8 Å². The molecule has 0 spiro atoms. The van der Waals surface area contributed by atoms with E-state index in [1.54, 1.807) is 0 Å². The molecule has 1 aliphatic carbocycles. The van der Waals surface area contributed by atoms with Gasteiger partial charge < -0.3 is 20.3 Å². The maximum Gasteiger partial charge on any atom is 0.410 e. The van der Waals surface area contributed by atoms with Crippen LogP contribution in [0.15, 0.2) is 4.99 Å². The van der Waals surface area contributed by atoms with Gasteiger partial charge in [0.1, 0.15) is 5.60 Å². The minimum absolute atomic E-state index is 0.165. The Hall–Kier alpha value is -1.46. The Bertz CT molecular complexity index is 441. The molecule has 138 valence electrons. The summed E-state index contributed by atoms with van der Waals surface area (Å²) < 4.78 is 5.56. The third-order valence-electron chi connectivity index (χ3n) is 4.31. The summed E-state index contributed by atoms with van der Waals surface area (Å²) in [7, 11) is 0. The average Bonchev–Trinajstić information content (AvgIpc) is 3.33. The number of nitrogens with one attached hydrogen (secondary N) is 2. The fraction of sp³-hybridized carbons (Fsp3) is 0.889. The van der Waals surface area contributed by atoms with Crippen molar-refractivity contribution < 1.29 is 9.53 Å². The molecule has 1 unspecified atom stereocenters. The lowest BCUT2D eigenvalue weighted by Crippen LogP contribution is -2.52. The van der Waals surface area contributed by atoms with E-state index in [9.17, 15) is 4.79 Å². The minimum atomic E-state index is -0.451. The molecular formula is C18H34N4O2. The lowest BCUT2D eigenvalue weighted by molar-refractivity contribution is 0.0104. The highest BCUT2D eigenvalue weighted by atomic mass is 16.6. The summed E-state index contributed by atoms with van der Waals surface area (Å²) in [4.78, 5) is 19.0. The predicted molar refractivity (Wildman–Crippen MR) is 97.3 cm³/mol. The number of rotatable bonds is 5. The molecule has 0 bridgehead atoms. The molecule has 2 aliphatic rings. The molecule has 1 saturated carbocycles. The van der Waals surface area contributed by atoms with Crippen LogP contribution in [0, 0.1) is 5.92 Å². The second-order valence-electron chi connectivity index (χ2n) is 7.87. The fourth-order valence-corrected chi connectivity index (χ4v) is 2.85. The first kappa shape index (κ1) is 18.9. The number of carbonyl (C=O) groups excluding carboxylic acids is 1. The van der Waals surface area contributed by atoms with Gasteiger partial charge in [0.15, 0.2) is 5.96 Å². The van der Waals surface area contributed by atoms with E-state index in [1.807, 2.05) is 25.7 Å². The van der Waals surface area contributed by atoms with E-state index in [2.05, 4.69) is 22.5 Å². The molecule has 0 aromatic heterocycles. The molecule has 24 heavy (non-hydrogen) atoms. The van der Waals surface area contributed by atoms with E-state index in [0.717, 1.165) is 57.3 Å². The van der Waals surface area contributed by atoms with Crippen LogP contribution in [-0.2, 0) is 4.74 Å². The zero-order chi connectivity index (χ0) is 17.6. The largest absolute Gasteiger partial charge is 0.444 e. The van der Waals surface area contributed by atoms with Crippen molar-refractivity contribution in [1.82, 2.24) is 15.5 Å². The summed E-state index contributed by atoms with van der Waals surface area (Å²) in [6.07, 6.45) is 5.62. The van der Waals surface area contributed by atoms with Crippen LogP contribution < -0.4 is 10.6 Å². The molecule has 1 amide bonds. The number of aliphatic imine (C=N–C) groups is 1. The first-order valence-corrected chi connectivity index (χ1v) is 9.41. The van der Waals surface area contributed by atoms with Gasteiger partial charge in [0.05, 0.1) is 6.04 Å². The van der Waals surface area contributed by atoms with Gasteiger partial charge in [-0.25, -0.2) is 4.79 Å². The van der Waals surface area contributed by atoms with Crippen molar-refractivity contribution in [1.29, 1.82) is 0 Å². The first-order chi connectivity index (χ1) is 11.4. The second-order valence-corrected chi connectivity index (χ2v) is 7.87. The SMILES string of the molecule is CCNC(=NCC1CC1)NCC1CCCCN1C(=O)OC(C)(C)C. The monoisotopic (exact) mass is 338 g/mol. The van der Waals surface area contributed by atoms with Crippen molar-refractivity contribution in [2.75, 3.05) is 26.2 Å². The second kappa shape index (κ2) is 8.58. The van der Waals surface area contributed by atoms with Gasteiger partial charge in [0.2, 0.25) is 0 Å². The quantitative estimate of drug-likeness (QED) is 0.597. The maximum absolute atomic E-state index is 12.4. The molecule has 0 aromatic rings. The predicted octanol–water partition coefficient (Wildman–Crippen LogP) is 2.74. The molecule has 1 heterocycles. The molecule has 1 aliphatic heterocycles. The highest BCUT2D eigenvalue weighted by Crippen LogP contribution is 2.28. The number of carbonyl (C=O) groups is 1. The Morgan fingerprint density at radius 3 is 2.58 bits per heavy atom. The molecule has 0 radical (unpaired) electrons. The molecule has 6 nitrogen and oxygen atoms in total. The van der Waals surface area contributed by atoms with Crippen molar-refractivity contribution >= 4 is 12.1 Å². The Balaban J connectivity index is 1.88. The van der Waals surface area contributed by atoms with Crippen molar-refractivity contribution in [2.45, 2.75) is 71.4 Å². The Labute approximate surface area is 146 Å². The van der Waals surface area contributed by atoms with E-state index in [1.165, 1.54) is 12.8 Å². The van der Waals surface area contributed by atoms with Crippen LogP contribution in [0.25, 0.3) is 0 Å². The maximum atomic E-state index is 12.4. The standard InChI is InChI=1S/C18H34N4O2/c1-5-19-16(20-12-14-9-10-14)21-13-15-8-6-7-11-22(15)17(23)24-18(2,3)4/h14-15H,5-13H2,1-4H3,(H2,19,20,21). The molecule has 0 aromatic carbocycles. The highest BCUT2D eigenvalue weighted by molar-refractivity contribution is 5.79. The molecule has 1 atom stereocenters. The number of nitrogens with zero attached hydrogens (tertiary/aromatic N) is 2. The molecule has 2 fully saturated rings. The highest BCUT2D eigenvalue weighted by Gasteiger charge is 2.30. The van der Waals surface area contributed by atoms with Gasteiger partial charge in [0, 0.05) is 26.2 Å². The molecule has 1 saturated heterocycles. The Morgan fingerprint density at radius 2 is 1.96 bits per heavy atom. The number of ether oxygens (including phenoxy) is 1. The smallest absolute Gasteiger partial charge is 0.410 e. The van der Waals surface area contributed by atoms with E-state index in [0.29, 0.717) is 0 Å². The van der Waals surface area contributed by atoms with E-state index < -0.39 is 5.60 Å². The summed E-state index contributed by atoms with van der Waals surface area (Å²) in [5.74, 6) is 1.63. The van der Waals surface area contributed by atoms with Crippen LogP contribution >= 0.6 is 0 Å². The average molecular weight is 338 g/mol. The number of guanidine groups is 1. The van der Waals surface area contributed by atoms with Crippen LogP contribution in [0.4, 0.5) is 4.79 Å². The van der Waals surface area contributed by atoms with Gasteiger partial charge in [-0.05, 0) is 65.7 Å². The minimum Gasteiger partial charge on any atom is -0.444 e. The van der Waals surface area contributed by atoms with Crippen molar-refractivity contribution in [2.24, 2.45) is 10.9 Å². The summed E-state index contributed by atoms with van der Waals surface area (Å²) >= 11 is 0. The van der Waals surface area contributed by atoms with Gasteiger partial charge in [0.25, 0.3) is 0 Å². The lowest BCUT2D eigenvalue weighted by atomic mass is 10.0. The number of likely N-dealkylation sites (tertiary alicyclic amines) is 1. The van der Waals surface area contributed by atoms with Crippen LogP contribution in [0.3, 0.4) is 0 Å². The topological polar surface area (TPSA) is 66.0 Å². The van der Waals surface area contributed by atoms with Gasteiger partial charge >= 0.3 is 6.09 Å². The lowest BCUT2D eigenvalue weighted by Gasteiger charge is -2.37. The van der Waals surface area contributed by atoms with Gasteiger partial charge in [-0.3, -0.25) is 4.99 Å². The number of hydrogen-bond acceptors (Lipinski definition) is 3. The first-order valence-electron chi connectivity index (χ1n) is 9.41. The van der Waals surface area contributed by atoms with Gasteiger partial charge in [-0.1, -0.05) is 0 Å². The molecule has 6 heteroatoms. The Morgan fingerprint density at radius 1 is 1.21 bits per heavy atom. The van der Waals surface area contributed by atoms with Crippen LogP contribution in [-0.4, -0.2) is 54.8 Å². The third kappa shape index (κ3) is 6.57. The Kier molecular flexibility index (Phi) is 6.75. The van der Waals surface area contributed by atoms with Crippen molar-refractivity contribution in [3.8, 4) is 0 Å². The van der Waals surface area contributed by atoms with E-state index in [4.69, 9.17) is 4.74 Å². The van der Waals surface area contributed by atoms with Crippen LogP contribution in [0.2, 0.25) is 0 Å². The van der Waals surface area contributed by atoms with Crippen LogP contribution in [0.5, 0.6) is 0 Å². The molecular weight excluding hydrogens is 304 g/mol. The summed E-state index contributed by atoms with van der Waals surface area (Å²) in [5, 5.41) is 6.70. The summed E-state index contributed by atoms with van der Waals surface area (Å²) in [6.45, 7) is 11.0. The van der Waals surface area contributed by atoms with Crippen molar-refractivity contribution in [3.63, 3.8) is 0 Å². The number of hydrogen-bond donors (Lipinski definition) is 2. The summed E-state index contributed by atoms with van der Waals surface area (Å²) in [5.41, 5.74) is -0.451. The van der Waals surface area contributed by atoms with E-state index in [-0.39, 0.29) is 12.1 Å². The molecule has 2 rings (SSSR count). The number of piperidine rings is 1. The fourth-order valence-electron chi connectivity index (χ4n) is 2.85. The zero-order valence-electron chi connectivity index (χ0n) is 15.7. The number of amides is 1.